The second kappa shape index (κ2) is 8.85. The van der Waals surface area contributed by atoms with Crippen molar-refractivity contribution in [3.63, 3.8) is 0 Å². The van der Waals surface area contributed by atoms with Crippen LogP contribution in [0.25, 0.3) is 5.57 Å². The van der Waals surface area contributed by atoms with Gasteiger partial charge in [-0.2, -0.15) is 0 Å². The molecule has 1 saturated heterocycles. The molecule has 2 unspecified atom stereocenters. The van der Waals surface area contributed by atoms with Gasteiger partial charge in [0.15, 0.2) is 5.97 Å². The van der Waals surface area contributed by atoms with Gasteiger partial charge >= 0.3 is 5.97 Å². The number of carbonyl (C=O) groups is 2. The smallest absolute Gasteiger partial charge is 0.351 e. The van der Waals surface area contributed by atoms with Crippen LogP contribution >= 0.6 is 0 Å². The third-order valence-corrected chi connectivity index (χ3v) is 5.41. The molecule has 1 fully saturated rings. The van der Waals surface area contributed by atoms with E-state index in [9.17, 15) is 0 Å². The molecule has 2 aliphatic rings. The van der Waals surface area contributed by atoms with Crippen LogP contribution in [0.1, 0.15) is 28.7 Å². The zero-order valence-corrected chi connectivity index (χ0v) is 16.0. The molecular formula is C23H25NO4. The molecule has 1 heterocycles. The maximum absolute atomic E-state index is 9.04. The summed E-state index contributed by atoms with van der Waals surface area (Å²) in [6.07, 6.45) is 6.19. The largest absolute Gasteiger partial charge is 0.539 e. The van der Waals surface area contributed by atoms with Gasteiger partial charge in [0.2, 0.25) is 0 Å². The molecule has 2 aromatic carbocycles. The number of benzene rings is 2. The molecule has 0 spiro atoms. The molecule has 2 aromatic rings. The number of hydrogen-bond donors (Lipinski definition) is 2. The fourth-order valence-corrected chi connectivity index (χ4v) is 4.06. The normalized spacial score (nSPS) is 20.1. The number of aliphatic carboxylic acids is 2. The van der Waals surface area contributed by atoms with E-state index in [-0.39, 0.29) is 0 Å². The molecule has 146 valence electrons. The summed E-state index contributed by atoms with van der Waals surface area (Å²) in [4.78, 5) is 19.7. The van der Waals surface area contributed by atoms with Gasteiger partial charge < -0.3 is 19.9 Å². The third-order valence-electron chi connectivity index (χ3n) is 5.41. The summed E-state index contributed by atoms with van der Waals surface area (Å²) in [7, 11) is 2.31. The second-order valence-electron chi connectivity index (χ2n) is 7.45. The Labute approximate surface area is 164 Å². The summed E-state index contributed by atoms with van der Waals surface area (Å²) < 4.78 is 0. The van der Waals surface area contributed by atoms with E-state index in [1.54, 1.807) is 4.90 Å². The SMILES string of the molecule is C[NH+]1CCC(C=C2c3ccccc3CCc3ccccc32)C1.O=C([O-])C(=O)O. The van der Waals surface area contributed by atoms with E-state index in [0.717, 1.165) is 12.8 Å². The Bertz CT molecular complexity index is 841. The molecule has 0 saturated carbocycles. The fourth-order valence-electron chi connectivity index (χ4n) is 4.06. The van der Waals surface area contributed by atoms with Crippen molar-refractivity contribution in [2.45, 2.75) is 19.3 Å². The number of likely N-dealkylation sites (tertiary alicyclic amines) is 1. The minimum atomic E-state index is -2.07. The maximum Gasteiger partial charge on any atom is 0.351 e. The van der Waals surface area contributed by atoms with Crippen LogP contribution in [-0.2, 0) is 22.4 Å². The van der Waals surface area contributed by atoms with Crippen molar-refractivity contribution >= 4 is 17.5 Å². The minimum absolute atomic E-state index is 0.717. The van der Waals surface area contributed by atoms with Crippen LogP contribution in [0, 0.1) is 5.92 Å². The van der Waals surface area contributed by atoms with Crippen molar-refractivity contribution < 1.29 is 24.7 Å². The van der Waals surface area contributed by atoms with Gasteiger partial charge in [0.1, 0.15) is 0 Å². The lowest BCUT2D eigenvalue weighted by atomic mass is 9.90. The van der Waals surface area contributed by atoms with E-state index in [1.165, 1.54) is 47.3 Å². The van der Waals surface area contributed by atoms with E-state index in [4.69, 9.17) is 19.8 Å². The van der Waals surface area contributed by atoms with E-state index in [2.05, 4.69) is 61.7 Å². The molecule has 2 N–H and O–H groups in total. The topological polar surface area (TPSA) is 81.9 Å². The van der Waals surface area contributed by atoms with Crippen molar-refractivity contribution in [2.75, 3.05) is 20.1 Å². The van der Waals surface area contributed by atoms with E-state index in [1.807, 2.05) is 0 Å². The van der Waals surface area contributed by atoms with Crippen LogP contribution in [0.5, 0.6) is 0 Å². The molecule has 0 bridgehead atoms. The van der Waals surface area contributed by atoms with Crippen LogP contribution < -0.4 is 10.0 Å². The lowest BCUT2D eigenvalue weighted by Crippen LogP contribution is -3.07. The van der Waals surface area contributed by atoms with Crippen molar-refractivity contribution in [1.82, 2.24) is 0 Å². The summed E-state index contributed by atoms with van der Waals surface area (Å²) in [5, 5.41) is 16.3. The Balaban J connectivity index is 0.000000330. The average molecular weight is 379 g/mol. The Morgan fingerprint density at radius 1 is 1.04 bits per heavy atom. The zero-order valence-electron chi connectivity index (χ0n) is 16.0. The molecule has 1 aliphatic carbocycles. The zero-order chi connectivity index (χ0) is 20.1. The fraction of sp³-hybridized carbons (Fsp3) is 0.304. The van der Waals surface area contributed by atoms with Gasteiger partial charge in [-0.15, -0.1) is 0 Å². The van der Waals surface area contributed by atoms with Crippen molar-refractivity contribution in [3.05, 3.63) is 76.9 Å². The lowest BCUT2D eigenvalue weighted by Gasteiger charge is -2.14. The van der Waals surface area contributed by atoms with Crippen molar-refractivity contribution in [3.8, 4) is 0 Å². The highest BCUT2D eigenvalue weighted by Crippen LogP contribution is 2.34. The third kappa shape index (κ3) is 4.67. The Hall–Kier alpha value is -2.92. The molecule has 5 heteroatoms. The number of carboxylic acids is 2. The Kier molecular flexibility index (Phi) is 6.26. The summed E-state index contributed by atoms with van der Waals surface area (Å²) in [5.41, 5.74) is 7.39. The van der Waals surface area contributed by atoms with Crippen molar-refractivity contribution in [1.29, 1.82) is 0 Å². The predicted molar refractivity (Wildman–Crippen MR) is 105 cm³/mol. The summed E-state index contributed by atoms with van der Waals surface area (Å²) >= 11 is 0. The number of fused-ring (bicyclic) bond motifs is 2. The van der Waals surface area contributed by atoms with Crippen molar-refractivity contribution in [2.24, 2.45) is 5.92 Å². The number of rotatable bonds is 1. The number of quaternary nitrogens is 1. The quantitative estimate of drug-likeness (QED) is 0.710. The highest BCUT2D eigenvalue weighted by molar-refractivity contribution is 6.26. The summed E-state index contributed by atoms with van der Waals surface area (Å²) in [6, 6.07) is 18.0. The first-order valence-corrected chi connectivity index (χ1v) is 9.59. The van der Waals surface area contributed by atoms with Gasteiger partial charge in [-0.25, -0.2) is 4.79 Å². The van der Waals surface area contributed by atoms with Crippen LogP contribution in [0.15, 0.2) is 54.6 Å². The van der Waals surface area contributed by atoms with E-state index < -0.39 is 11.9 Å². The Morgan fingerprint density at radius 2 is 1.54 bits per heavy atom. The van der Waals surface area contributed by atoms with Crippen LogP contribution in [0.2, 0.25) is 0 Å². The molecule has 28 heavy (non-hydrogen) atoms. The molecule has 0 radical (unpaired) electrons. The number of nitrogens with one attached hydrogen (secondary N) is 1. The maximum atomic E-state index is 9.04. The second-order valence-corrected chi connectivity index (χ2v) is 7.45. The number of carboxylic acid groups (broad SMARTS) is 2. The first-order valence-electron chi connectivity index (χ1n) is 9.59. The molecule has 1 aliphatic heterocycles. The Morgan fingerprint density at radius 3 is 1.96 bits per heavy atom. The molecule has 5 nitrogen and oxygen atoms in total. The highest BCUT2D eigenvalue weighted by Gasteiger charge is 2.24. The molecule has 2 atom stereocenters. The summed E-state index contributed by atoms with van der Waals surface area (Å²) in [6.45, 7) is 2.57. The van der Waals surface area contributed by atoms with Crippen LogP contribution in [-0.4, -0.2) is 37.2 Å². The first kappa shape index (κ1) is 19.8. The lowest BCUT2D eigenvalue weighted by molar-refractivity contribution is -0.867. The predicted octanol–water partition coefficient (Wildman–Crippen LogP) is 0.572. The molecule has 0 aromatic heterocycles. The number of aryl methyl sites for hydroxylation is 2. The first-order chi connectivity index (χ1) is 13.5. The highest BCUT2D eigenvalue weighted by atomic mass is 16.4. The summed E-state index contributed by atoms with van der Waals surface area (Å²) in [5.74, 6) is -3.29. The molecule has 0 amide bonds. The number of hydrogen-bond acceptors (Lipinski definition) is 3. The average Bonchev–Trinajstić information content (AvgIpc) is 3.03. The van der Waals surface area contributed by atoms with E-state index >= 15 is 0 Å². The minimum Gasteiger partial charge on any atom is -0.539 e. The van der Waals surface area contributed by atoms with Crippen LogP contribution in [0.4, 0.5) is 0 Å². The van der Waals surface area contributed by atoms with Gasteiger partial charge in [-0.05, 0) is 40.7 Å². The van der Waals surface area contributed by atoms with Gasteiger partial charge in [0.25, 0.3) is 0 Å². The molecular weight excluding hydrogens is 354 g/mol. The standard InChI is InChI=1S/C21H23N.C2H2O4/c1-22-13-12-16(15-22)14-21-19-8-4-2-6-17(19)10-11-18-7-3-5-9-20(18)21;3-1(4)2(5)6/h2-9,14,16H,10-13,15H2,1H3;(H,3,4)(H,5,6). The van der Waals surface area contributed by atoms with Gasteiger partial charge in [0.05, 0.1) is 20.1 Å². The van der Waals surface area contributed by atoms with Crippen LogP contribution in [0.3, 0.4) is 0 Å². The van der Waals surface area contributed by atoms with Gasteiger partial charge in [-0.1, -0.05) is 54.6 Å². The monoisotopic (exact) mass is 379 g/mol. The number of carbonyl (C=O) groups excluding carboxylic acids is 1. The van der Waals surface area contributed by atoms with E-state index in [0.29, 0.717) is 5.92 Å². The molecule has 4 rings (SSSR count). The van der Waals surface area contributed by atoms with Gasteiger partial charge in [0, 0.05) is 12.3 Å². The van der Waals surface area contributed by atoms with Gasteiger partial charge in [-0.3, -0.25) is 0 Å².